The van der Waals surface area contributed by atoms with Crippen LogP contribution in [0.15, 0.2) is 12.3 Å². The average molecular weight is 276 g/mol. The first-order valence-electron chi connectivity index (χ1n) is 7.18. The average Bonchev–Trinajstić information content (AvgIpc) is 3.32. The fourth-order valence-electron chi connectivity index (χ4n) is 2.52. The molecule has 0 atom stereocenters. The first-order valence-corrected chi connectivity index (χ1v) is 7.18. The monoisotopic (exact) mass is 276 g/mol. The molecule has 1 aromatic rings. The molecule has 1 aliphatic carbocycles. The van der Waals surface area contributed by atoms with Crippen molar-refractivity contribution < 1.29 is 9.53 Å². The molecule has 1 aromatic heterocycles. The zero-order valence-electron chi connectivity index (χ0n) is 11.8. The highest BCUT2D eigenvalue weighted by atomic mass is 16.5. The fraction of sp³-hybridized carbons (Fsp3) is 0.643. The molecule has 6 heteroatoms. The standard InChI is InChI=1S/C14H20N4O2/c1-20-12-5-6-15-14(16-12)18-8-2-7-17(9-10-18)13(19)11-3-4-11/h5-6,11H,2-4,7-10H2,1H3. The summed E-state index contributed by atoms with van der Waals surface area (Å²) < 4.78 is 5.13. The van der Waals surface area contributed by atoms with Crippen molar-refractivity contribution >= 4 is 11.9 Å². The van der Waals surface area contributed by atoms with E-state index in [9.17, 15) is 4.79 Å². The number of amides is 1. The Bertz CT molecular complexity index is 490. The van der Waals surface area contributed by atoms with Gasteiger partial charge in [0, 0.05) is 44.4 Å². The molecule has 0 N–H and O–H groups in total. The lowest BCUT2D eigenvalue weighted by atomic mass is 10.3. The van der Waals surface area contributed by atoms with Gasteiger partial charge in [0.1, 0.15) is 0 Å². The largest absolute Gasteiger partial charge is 0.481 e. The SMILES string of the molecule is COc1ccnc(N2CCCN(C(=O)C3CC3)CC2)n1. The summed E-state index contributed by atoms with van der Waals surface area (Å²) >= 11 is 0. The lowest BCUT2D eigenvalue weighted by molar-refractivity contribution is -0.132. The number of carbonyl (C=O) groups excluding carboxylic acids is 1. The Morgan fingerprint density at radius 1 is 1.30 bits per heavy atom. The zero-order chi connectivity index (χ0) is 13.9. The third-order valence-corrected chi connectivity index (χ3v) is 3.84. The Morgan fingerprint density at radius 3 is 2.90 bits per heavy atom. The third-order valence-electron chi connectivity index (χ3n) is 3.84. The highest BCUT2D eigenvalue weighted by Gasteiger charge is 2.34. The van der Waals surface area contributed by atoms with E-state index in [1.54, 1.807) is 19.4 Å². The molecule has 2 fully saturated rings. The van der Waals surface area contributed by atoms with E-state index in [-0.39, 0.29) is 0 Å². The van der Waals surface area contributed by atoms with Crippen LogP contribution in [-0.2, 0) is 4.79 Å². The van der Waals surface area contributed by atoms with Crippen LogP contribution in [0.5, 0.6) is 5.88 Å². The summed E-state index contributed by atoms with van der Waals surface area (Å²) in [5.41, 5.74) is 0. The maximum absolute atomic E-state index is 12.1. The van der Waals surface area contributed by atoms with Crippen LogP contribution in [0.25, 0.3) is 0 Å². The second-order valence-electron chi connectivity index (χ2n) is 5.34. The minimum atomic E-state index is 0.301. The van der Waals surface area contributed by atoms with E-state index < -0.39 is 0 Å². The molecule has 6 nitrogen and oxygen atoms in total. The fourth-order valence-corrected chi connectivity index (χ4v) is 2.52. The van der Waals surface area contributed by atoms with Gasteiger partial charge < -0.3 is 14.5 Å². The normalized spacial score (nSPS) is 19.6. The number of carbonyl (C=O) groups is 1. The third kappa shape index (κ3) is 2.84. The Kier molecular flexibility index (Phi) is 3.71. The second-order valence-corrected chi connectivity index (χ2v) is 5.34. The zero-order valence-corrected chi connectivity index (χ0v) is 11.8. The van der Waals surface area contributed by atoms with Gasteiger partial charge in [0.05, 0.1) is 7.11 Å². The smallest absolute Gasteiger partial charge is 0.228 e. The molecule has 0 aromatic carbocycles. The molecule has 1 amide bonds. The van der Waals surface area contributed by atoms with E-state index in [4.69, 9.17) is 4.74 Å². The van der Waals surface area contributed by atoms with Gasteiger partial charge in [-0.2, -0.15) is 4.98 Å². The van der Waals surface area contributed by atoms with Gasteiger partial charge in [-0.05, 0) is 19.3 Å². The quantitative estimate of drug-likeness (QED) is 0.822. The summed E-state index contributed by atoms with van der Waals surface area (Å²) in [5, 5.41) is 0. The topological polar surface area (TPSA) is 58.6 Å². The maximum atomic E-state index is 12.1. The molecule has 20 heavy (non-hydrogen) atoms. The summed E-state index contributed by atoms with van der Waals surface area (Å²) in [6.45, 7) is 3.26. The second kappa shape index (κ2) is 5.64. The predicted octanol–water partition coefficient (Wildman–Crippen LogP) is 0.934. The summed E-state index contributed by atoms with van der Waals surface area (Å²) in [6.07, 6.45) is 4.80. The number of ether oxygens (including phenoxy) is 1. The van der Waals surface area contributed by atoms with Gasteiger partial charge >= 0.3 is 0 Å². The molecule has 1 aliphatic heterocycles. The lowest BCUT2D eigenvalue weighted by Gasteiger charge is -2.22. The maximum Gasteiger partial charge on any atom is 0.228 e. The van der Waals surface area contributed by atoms with Crippen LogP contribution in [0, 0.1) is 5.92 Å². The molecule has 0 bridgehead atoms. The van der Waals surface area contributed by atoms with Crippen molar-refractivity contribution in [2.24, 2.45) is 5.92 Å². The minimum Gasteiger partial charge on any atom is -0.481 e. The van der Waals surface area contributed by atoms with Crippen molar-refractivity contribution in [2.45, 2.75) is 19.3 Å². The molecule has 1 saturated carbocycles. The molecule has 0 unspecified atom stereocenters. The lowest BCUT2D eigenvalue weighted by Crippen LogP contribution is -2.36. The first kappa shape index (κ1) is 13.1. The molecule has 1 saturated heterocycles. The number of aromatic nitrogens is 2. The number of hydrogen-bond donors (Lipinski definition) is 0. The van der Waals surface area contributed by atoms with Gasteiger partial charge in [-0.3, -0.25) is 4.79 Å². The molecule has 108 valence electrons. The molecular formula is C14H20N4O2. The molecule has 0 spiro atoms. The minimum absolute atomic E-state index is 0.301. The molecule has 2 aliphatic rings. The summed E-state index contributed by atoms with van der Waals surface area (Å²) in [6, 6.07) is 1.74. The highest BCUT2D eigenvalue weighted by molar-refractivity contribution is 5.81. The van der Waals surface area contributed by atoms with Crippen LogP contribution in [-0.4, -0.2) is 54.1 Å². The Labute approximate surface area is 118 Å². The number of nitrogens with zero attached hydrogens (tertiary/aromatic N) is 4. The van der Waals surface area contributed by atoms with E-state index in [0.29, 0.717) is 23.7 Å². The van der Waals surface area contributed by atoms with E-state index in [1.165, 1.54) is 0 Å². The van der Waals surface area contributed by atoms with E-state index in [0.717, 1.165) is 45.4 Å². The number of hydrogen-bond acceptors (Lipinski definition) is 5. The van der Waals surface area contributed by atoms with Gasteiger partial charge in [0.25, 0.3) is 0 Å². The molecular weight excluding hydrogens is 256 g/mol. The van der Waals surface area contributed by atoms with E-state index in [1.807, 2.05) is 4.90 Å². The highest BCUT2D eigenvalue weighted by Crippen LogP contribution is 2.31. The molecule has 2 heterocycles. The van der Waals surface area contributed by atoms with Crippen molar-refractivity contribution in [2.75, 3.05) is 38.2 Å². The van der Waals surface area contributed by atoms with Crippen LogP contribution < -0.4 is 9.64 Å². The Hall–Kier alpha value is -1.85. The first-order chi connectivity index (χ1) is 9.78. The van der Waals surface area contributed by atoms with Gasteiger partial charge in [-0.15, -0.1) is 0 Å². The van der Waals surface area contributed by atoms with Gasteiger partial charge in [-0.25, -0.2) is 4.98 Å². The predicted molar refractivity (Wildman–Crippen MR) is 74.7 cm³/mol. The van der Waals surface area contributed by atoms with Crippen molar-refractivity contribution in [1.29, 1.82) is 0 Å². The summed E-state index contributed by atoms with van der Waals surface area (Å²) in [4.78, 5) is 24.9. The van der Waals surface area contributed by atoms with E-state index in [2.05, 4.69) is 14.9 Å². The van der Waals surface area contributed by atoms with Gasteiger partial charge in [0.2, 0.25) is 17.7 Å². The van der Waals surface area contributed by atoms with Crippen LogP contribution in [0.1, 0.15) is 19.3 Å². The van der Waals surface area contributed by atoms with Crippen LogP contribution in [0.3, 0.4) is 0 Å². The van der Waals surface area contributed by atoms with Crippen LogP contribution in [0.2, 0.25) is 0 Å². The van der Waals surface area contributed by atoms with Crippen molar-refractivity contribution in [3.8, 4) is 5.88 Å². The molecule has 3 rings (SSSR count). The summed E-state index contributed by atoms with van der Waals surface area (Å²) in [5.74, 6) is 1.89. The van der Waals surface area contributed by atoms with E-state index >= 15 is 0 Å². The van der Waals surface area contributed by atoms with Crippen molar-refractivity contribution in [1.82, 2.24) is 14.9 Å². The van der Waals surface area contributed by atoms with Crippen molar-refractivity contribution in [3.05, 3.63) is 12.3 Å². The van der Waals surface area contributed by atoms with Gasteiger partial charge in [0.15, 0.2) is 0 Å². The molecule has 0 radical (unpaired) electrons. The Morgan fingerprint density at radius 2 is 2.15 bits per heavy atom. The number of rotatable bonds is 3. The number of methoxy groups -OCH3 is 1. The van der Waals surface area contributed by atoms with Gasteiger partial charge in [-0.1, -0.05) is 0 Å². The number of anilines is 1. The van der Waals surface area contributed by atoms with Crippen LogP contribution in [0.4, 0.5) is 5.95 Å². The van der Waals surface area contributed by atoms with Crippen molar-refractivity contribution in [3.63, 3.8) is 0 Å². The summed E-state index contributed by atoms with van der Waals surface area (Å²) in [7, 11) is 1.60. The van der Waals surface area contributed by atoms with Crippen LogP contribution >= 0.6 is 0 Å². The Balaban J connectivity index is 1.65.